The van der Waals surface area contributed by atoms with Crippen molar-refractivity contribution >= 4 is 17.5 Å². The molecule has 3 nitrogen and oxygen atoms in total. The Kier molecular flexibility index (Phi) is 4.64. The fraction of sp³-hybridized carbons (Fsp3) is 0.500. The molecule has 0 heterocycles. The molecule has 1 aromatic rings. The van der Waals surface area contributed by atoms with E-state index < -0.39 is 5.82 Å². The monoisotopic (exact) mass is 285 g/mol. The van der Waals surface area contributed by atoms with E-state index in [0.29, 0.717) is 5.56 Å². The van der Waals surface area contributed by atoms with Gasteiger partial charge in [-0.2, -0.15) is 0 Å². The third kappa shape index (κ3) is 3.38. The van der Waals surface area contributed by atoms with Gasteiger partial charge in [0.05, 0.1) is 12.5 Å². The van der Waals surface area contributed by atoms with Crippen molar-refractivity contribution in [3.8, 4) is 5.75 Å². The number of alkyl halides is 1. The van der Waals surface area contributed by atoms with Crippen molar-refractivity contribution in [2.24, 2.45) is 0 Å². The van der Waals surface area contributed by atoms with E-state index in [4.69, 9.17) is 16.3 Å². The molecule has 0 aromatic heterocycles. The topological polar surface area (TPSA) is 38.3 Å². The van der Waals surface area contributed by atoms with Crippen LogP contribution in [-0.2, 0) is 0 Å². The van der Waals surface area contributed by atoms with Crippen LogP contribution in [-0.4, -0.2) is 24.4 Å². The number of carbonyl (C=O) groups excluding carboxylic acids is 1. The number of rotatable bonds is 3. The Balaban J connectivity index is 2.07. The number of methoxy groups -OCH3 is 1. The zero-order valence-corrected chi connectivity index (χ0v) is 11.5. The van der Waals surface area contributed by atoms with Gasteiger partial charge >= 0.3 is 0 Å². The van der Waals surface area contributed by atoms with E-state index in [2.05, 4.69) is 5.32 Å². The Hall–Kier alpha value is -1.29. The van der Waals surface area contributed by atoms with Gasteiger partial charge in [0, 0.05) is 11.6 Å². The summed E-state index contributed by atoms with van der Waals surface area (Å²) in [4.78, 5) is 12.1. The van der Waals surface area contributed by atoms with Crippen LogP contribution in [0.4, 0.5) is 4.39 Å². The molecule has 0 aliphatic heterocycles. The minimum atomic E-state index is -0.480. The smallest absolute Gasteiger partial charge is 0.251 e. The molecule has 2 atom stereocenters. The molecule has 0 radical (unpaired) electrons. The van der Waals surface area contributed by atoms with Gasteiger partial charge in [-0.3, -0.25) is 4.79 Å². The molecule has 1 aromatic carbocycles. The summed E-state index contributed by atoms with van der Waals surface area (Å²) in [5.74, 6) is -0.651. The van der Waals surface area contributed by atoms with Gasteiger partial charge in [0.1, 0.15) is 0 Å². The summed E-state index contributed by atoms with van der Waals surface area (Å²) in [6, 6.07) is 4.06. The minimum absolute atomic E-state index is 0.0148. The normalized spacial score (nSPS) is 22.9. The highest BCUT2D eigenvalue weighted by molar-refractivity contribution is 6.21. The Morgan fingerprint density at radius 2 is 2.16 bits per heavy atom. The summed E-state index contributed by atoms with van der Waals surface area (Å²) in [7, 11) is 1.37. The third-order valence-corrected chi connectivity index (χ3v) is 3.93. The molecule has 2 rings (SSSR count). The van der Waals surface area contributed by atoms with Crippen LogP contribution < -0.4 is 10.1 Å². The van der Waals surface area contributed by atoms with E-state index in [9.17, 15) is 9.18 Å². The van der Waals surface area contributed by atoms with E-state index in [0.717, 1.165) is 25.7 Å². The Labute approximate surface area is 117 Å². The van der Waals surface area contributed by atoms with Crippen molar-refractivity contribution in [1.29, 1.82) is 0 Å². The summed E-state index contributed by atoms with van der Waals surface area (Å²) < 4.78 is 18.1. The molecule has 1 aliphatic carbocycles. The van der Waals surface area contributed by atoms with Crippen LogP contribution in [0, 0.1) is 5.82 Å². The van der Waals surface area contributed by atoms with Crippen LogP contribution in [0.3, 0.4) is 0 Å². The SMILES string of the molecule is COc1cc(C(=O)NC2CCCCC2Cl)ccc1F. The van der Waals surface area contributed by atoms with Crippen molar-refractivity contribution in [1.82, 2.24) is 5.32 Å². The molecule has 1 saturated carbocycles. The number of hydrogen-bond donors (Lipinski definition) is 1. The second-order valence-electron chi connectivity index (χ2n) is 4.73. The lowest BCUT2D eigenvalue weighted by atomic mass is 9.94. The van der Waals surface area contributed by atoms with Gasteiger partial charge in [0.25, 0.3) is 5.91 Å². The summed E-state index contributed by atoms with van der Waals surface area (Å²) in [5.41, 5.74) is 0.382. The molecule has 1 N–H and O–H groups in total. The van der Waals surface area contributed by atoms with Gasteiger partial charge in [-0.05, 0) is 31.0 Å². The van der Waals surface area contributed by atoms with Crippen molar-refractivity contribution in [2.75, 3.05) is 7.11 Å². The summed E-state index contributed by atoms with van der Waals surface area (Å²) in [5, 5.41) is 2.88. The predicted molar refractivity (Wildman–Crippen MR) is 72.3 cm³/mol. The third-order valence-electron chi connectivity index (χ3n) is 3.41. The first-order chi connectivity index (χ1) is 9.11. The molecular formula is C14H17ClFNO2. The van der Waals surface area contributed by atoms with Crippen LogP contribution >= 0.6 is 11.6 Å². The summed E-state index contributed by atoms with van der Waals surface area (Å²) >= 11 is 6.20. The Morgan fingerprint density at radius 3 is 2.84 bits per heavy atom. The molecule has 104 valence electrons. The zero-order chi connectivity index (χ0) is 13.8. The van der Waals surface area contributed by atoms with Gasteiger partial charge in [-0.25, -0.2) is 4.39 Å². The summed E-state index contributed by atoms with van der Waals surface area (Å²) in [6.45, 7) is 0. The Bertz CT molecular complexity index is 467. The number of benzene rings is 1. The van der Waals surface area contributed by atoms with E-state index in [1.165, 1.54) is 25.3 Å². The molecule has 19 heavy (non-hydrogen) atoms. The maximum absolute atomic E-state index is 13.3. The molecule has 0 spiro atoms. The highest BCUT2D eigenvalue weighted by Crippen LogP contribution is 2.24. The first-order valence-corrected chi connectivity index (χ1v) is 6.84. The van der Waals surface area contributed by atoms with Crippen LogP contribution in [0.1, 0.15) is 36.0 Å². The van der Waals surface area contributed by atoms with Gasteiger partial charge in [0.2, 0.25) is 0 Å². The van der Waals surface area contributed by atoms with Crippen LogP contribution in [0.15, 0.2) is 18.2 Å². The number of carbonyl (C=O) groups is 1. The van der Waals surface area contributed by atoms with Crippen LogP contribution in [0.25, 0.3) is 0 Å². The fourth-order valence-corrected chi connectivity index (χ4v) is 2.64. The fourth-order valence-electron chi connectivity index (χ4n) is 2.30. The lowest BCUT2D eigenvalue weighted by Crippen LogP contribution is -2.42. The van der Waals surface area contributed by atoms with Gasteiger partial charge in [0.15, 0.2) is 11.6 Å². The standard InChI is InChI=1S/C14H17ClFNO2/c1-19-13-8-9(6-7-11(13)16)14(18)17-12-5-3-2-4-10(12)15/h6-8,10,12H,2-5H2,1H3,(H,17,18). The van der Waals surface area contributed by atoms with Crippen molar-refractivity contribution < 1.29 is 13.9 Å². The van der Waals surface area contributed by atoms with E-state index in [-0.39, 0.29) is 23.1 Å². The largest absolute Gasteiger partial charge is 0.494 e. The van der Waals surface area contributed by atoms with Gasteiger partial charge in [-0.15, -0.1) is 11.6 Å². The number of halogens is 2. The zero-order valence-electron chi connectivity index (χ0n) is 10.8. The Morgan fingerprint density at radius 1 is 1.42 bits per heavy atom. The van der Waals surface area contributed by atoms with Gasteiger partial charge < -0.3 is 10.1 Å². The molecule has 1 fully saturated rings. The maximum Gasteiger partial charge on any atom is 0.251 e. The quantitative estimate of drug-likeness (QED) is 0.867. The van der Waals surface area contributed by atoms with Crippen LogP contribution in [0.2, 0.25) is 0 Å². The average molecular weight is 286 g/mol. The molecule has 0 saturated heterocycles. The van der Waals surface area contributed by atoms with Crippen molar-refractivity contribution in [2.45, 2.75) is 37.1 Å². The minimum Gasteiger partial charge on any atom is -0.494 e. The van der Waals surface area contributed by atoms with E-state index in [1.54, 1.807) is 0 Å². The number of amides is 1. The first kappa shape index (κ1) is 14.1. The van der Waals surface area contributed by atoms with E-state index >= 15 is 0 Å². The van der Waals surface area contributed by atoms with E-state index in [1.807, 2.05) is 0 Å². The molecule has 5 heteroatoms. The van der Waals surface area contributed by atoms with Gasteiger partial charge in [-0.1, -0.05) is 12.8 Å². The predicted octanol–water partition coefficient (Wildman–Crippen LogP) is 3.11. The summed E-state index contributed by atoms with van der Waals surface area (Å²) in [6.07, 6.45) is 3.98. The lowest BCUT2D eigenvalue weighted by Gasteiger charge is -2.27. The maximum atomic E-state index is 13.3. The number of hydrogen-bond acceptors (Lipinski definition) is 2. The molecular weight excluding hydrogens is 269 g/mol. The van der Waals surface area contributed by atoms with Crippen molar-refractivity contribution in [3.63, 3.8) is 0 Å². The molecule has 1 aliphatic rings. The molecule has 2 unspecified atom stereocenters. The second kappa shape index (κ2) is 6.24. The second-order valence-corrected chi connectivity index (χ2v) is 5.29. The van der Waals surface area contributed by atoms with Crippen molar-refractivity contribution in [3.05, 3.63) is 29.6 Å². The highest BCUT2D eigenvalue weighted by atomic mass is 35.5. The number of nitrogens with one attached hydrogen (secondary N) is 1. The lowest BCUT2D eigenvalue weighted by molar-refractivity contribution is 0.0928. The molecule has 1 amide bonds. The highest BCUT2D eigenvalue weighted by Gasteiger charge is 2.25. The molecule has 0 bridgehead atoms. The number of ether oxygens (including phenoxy) is 1. The first-order valence-electron chi connectivity index (χ1n) is 6.40. The average Bonchev–Trinajstić information content (AvgIpc) is 2.42. The van der Waals surface area contributed by atoms with Crippen LogP contribution in [0.5, 0.6) is 5.75 Å².